The third kappa shape index (κ3) is 2.75. The number of nitrogens with zero attached hydrogens (tertiary/aromatic N) is 1. The first-order valence-corrected chi connectivity index (χ1v) is 6.26. The van der Waals surface area contributed by atoms with E-state index >= 15 is 0 Å². The standard InChI is InChI=1S/C13H19N3O/c1-2-3-4-5-11-7-9-6-10(12(14)17)8-15-13(9)16-11/h6,8,11H,2-5,7H2,1H3,(H2,14,17)(H,15,16)/t11-/m1/s1. The fourth-order valence-electron chi connectivity index (χ4n) is 2.26. The summed E-state index contributed by atoms with van der Waals surface area (Å²) in [5, 5.41) is 3.40. The molecule has 4 heteroatoms. The third-order valence-electron chi connectivity index (χ3n) is 3.21. The summed E-state index contributed by atoms with van der Waals surface area (Å²) >= 11 is 0. The minimum absolute atomic E-state index is 0.408. The molecule has 0 spiro atoms. The zero-order chi connectivity index (χ0) is 12.3. The molecule has 1 aliphatic heterocycles. The van der Waals surface area contributed by atoms with Crippen molar-refractivity contribution in [2.24, 2.45) is 5.73 Å². The lowest BCUT2D eigenvalue weighted by Gasteiger charge is -2.09. The van der Waals surface area contributed by atoms with Gasteiger partial charge in [0.15, 0.2) is 0 Å². The molecule has 1 aliphatic rings. The van der Waals surface area contributed by atoms with E-state index < -0.39 is 5.91 Å². The molecule has 4 nitrogen and oxygen atoms in total. The molecule has 0 saturated heterocycles. The topological polar surface area (TPSA) is 68.0 Å². The quantitative estimate of drug-likeness (QED) is 0.765. The van der Waals surface area contributed by atoms with Crippen molar-refractivity contribution in [1.29, 1.82) is 0 Å². The molecular weight excluding hydrogens is 214 g/mol. The first-order chi connectivity index (χ1) is 8.20. The molecule has 1 aromatic heterocycles. The average Bonchev–Trinajstić information content (AvgIpc) is 2.70. The zero-order valence-corrected chi connectivity index (χ0v) is 10.2. The lowest BCUT2D eigenvalue weighted by molar-refractivity contribution is 0.1000. The molecule has 0 unspecified atom stereocenters. The second-order valence-electron chi connectivity index (χ2n) is 4.64. The van der Waals surface area contributed by atoms with Crippen molar-refractivity contribution in [2.75, 3.05) is 5.32 Å². The van der Waals surface area contributed by atoms with E-state index in [4.69, 9.17) is 5.73 Å². The Balaban J connectivity index is 1.99. The molecule has 1 aromatic rings. The summed E-state index contributed by atoms with van der Waals surface area (Å²) in [7, 11) is 0. The van der Waals surface area contributed by atoms with Gasteiger partial charge in [-0.1, -0.05) is 26.2 Å². The number of nitrogens with one attached hydrogen (secondary N) is 1. The van der Waals surface area contributed by atoms with Crippen molar-refractivity contribution in [3.63, 3.8) is 0 Å². The minimum Gasteiger partial charge on any atom is -0.367 e. The molecule has 0 aromatic carbocycles. The predicted molar refractivity (Wildman–Crippen MR) is 68.0 cm³/mol. The Morgan fingerprint density at radius 1 is 1.59 bits per heavy atom. The molecule has 0 aliphatic carbocycles. The van der Waals surface area contributed by atoms with E-state index in [1.807, 2.05) is 6.07 Å². The molecule has 1 amide bonds. The number of anilines is 1. The molecule has 17 heavy (non-hydrogen) atoms. The summed E-state index contributed by atoms with van der Waals surface area (Å²) in [6, 6.07) is 2.32. The summed E-state index contributed by atoms with van der Waals surface area (Å²) in [6.45, 7) is 2.21. The Morgan fingerprint density at radius 3 is 3.12 bits per heavy atom. The second kappa shape index (κ2) is 5.17. The number of primary amides is 1. The Hall–Kier alpha value is -1.58. The van der Waals surface area contributed by atoms with Crippen LogP contribution in [0, 0.1) is 0 Å². The monoisotopic (exact) mass is 233 g/mol. The van der Waals surface area contributed by atoms with E-state index in [0.717, 1.165) is 24.2 Å². The van der Waals surface area contributed by atoms with Crippen LogP contribution in [-0.4, -0.2) is 16.9 Å². The predicted octanol–water partition coefficient (Wildman–Crippen LogP) is 2.10. The second-order valence-corrected chi connectivity index (χ2v) is 4.64. The first-order valence-electron chi connectivity index (χ1n) is 6.26. The van der Waals surface area contributed by atoms with Crippen molar-refractivity contribution in [3.05, 3.63) is 23.4 Å². The lowest BCUT2D eigenvalue weighted by atomic mass is 10.0. The highest BCUT2D eigenvalue weighted by molar-refractivity contribution is 5.93. The van der Waals surface area contributed by atoms with E-state index in [1.54, 1.807) is 6.20 Å². The van der Waals surface area contributed by atoms with Gasteiger partial charge in [-0.05, 0) is 24.5 Å². The van der Waals surface area contributed by atoms with Crippen molar-refractivity contribution in [3.8, 4) is 0 Å². The van der Waals surface area contributed by atoms with Crippen molar-refractivity contribution in [1.82, 2.24) is 4.98 Å². The summed E-state index contributed by atoms with van der Waals surface area (Å²) < 4.78 is 0. The molecule has 0 radical (unpaired) electrons. The maximum Gasteiger partial charge on any atom is 0.250 e. The molecule has 1 atom stereocenters. The van der Waals surface area contributed by atoms with Crippen LogP contribution in [0.1, 0.15) is 48.5 Å². The number of fused-ring (bicyclic) bond motifs is 1. The zero-order valence-electron chi connectivity index (χ0n) is 10.2. The minimum atomic E-state index is -0.408. The van der Waals surface area contributed by atoms with Gasteiger partial charge in [-0.3, -0.25) is 4.79 Å². The number of aromatic nitrogens is 1. The summed E-state index contributed by atoms with van der Waals surface area (Å²) in [5.41, 5.74) is 6.85. The lowest BCUT2D eigenvalue weighted by Crippen LogP contribution is -2.15. The van der Waals surface area contributed by atoms with Crippen LogP contribution in [0.2, 0.25) is 0 Å². The summed E-state index contributed by atoms with van der Waals surface area (Å²) in [4.78, 5) is 15.3. The molecule has 2 heterocycles. The Labute approximate surface area is 102 Å². The van der Waals surface area contributed by atoms with Crippen LogP contribution < -0.4 is 11.1 Å². The van der Waals surface area contributed by atoms with Crippen molar-refractivity contribution in [2.45, 2.75) is 45.1 Å². The van der Waals surface area contributed by atoms with Gasteiger partial charge >= 0.3 is 0 Å². The average molecular weight is 233 g/mol. The van der Waals surface area contributed by atoms with Crippen LogP contribution in [0.25, 0.3) is 0 Å². The normalized spacial score (nSPS) is 17.6. The Bertz CT molecular complexity index is 417. The van der Waals surface area contributed by atoms with Gasteiger partial charge < -0.3 is 11.1 Å². The Morgan fingerprint density at radius 2 is 2.41 bits per heavy atom. The fourth-order valence-corrected chi connectivity index (χ4v) is 2.26. The van der Waals surface area contributed by atoms with Crippen LogP contribution in [0.3, 0.4) is 0 Å². The van der Waals surface area contributed by atoms with E-state index in [9.17, 15) is 4.79 Å². The van der Waals surface area contributed by atoms with Crippen LogP contribution >= 0.6 is 0 Å². The summed E-state index contributed by atoms with van der Waals surface area (Å²) in [5.74, 6) is 0.506. The highest BCUT2D eigenvalue weighted by Crippen LogP contribution is 2.26. The van der Waals surface area contributed by atoms with Crippen LogP contribution in [-0.2, 0) is 6.42 Å². The highest BCUT2D eigenvalue weighted by atomic mass is 16.1. The van der Waals surface area contributed by atoms with Crippen LogP contribution in [0.4, 0.5) is 5.82 Å². The molecule has 0 bridgehead atoms. The van der Waals surface area contributed by atoms with Gasteiger partial charge in [0.1, 0.15) is 5.82 Å². The molecule has 0 fully saturated rings. The maximum atomic E-state index is 11.1. The molecule has 92 valence electrons. The van der Waals surface area contributed by atoms with E-state index in [1.165, 1.54) is 19.3 Å². The van der Waals surface area contributed by atoms with Crippen LogP contribution in [0.15, 0.2) is 12.3 Å². The Kier molecular flexibility index (Phi) is 3.61. The maximum absolute atomic E-state index is 11.1. The first kappa shape index (κ1) is 11.9. The van der Waals surface area contributed by atoms with Crippen molar-refractivity contribution >= 4 is 11.7 Å². The van der Waals surface area contributed by atoms with Gasteiger partial charge in [-0.2, -0.15) is 0 Å². The van der Waals surface area contributed by atoms with Crippen molar-refractivity contribution < 1.29 is 4.79 Å². The van der Waals surface area contributed by atoms with Gasteiger partial charge in [-0.25, -0.2) is 4.98 Å². The number of pyridine rings is 1. The van der Waals surface area contributed by atoms with Crippen LogP contribution in [0.5, 0.6) is 0 Å². The van der Waals surface area contributed by atoms with Gasteiger partial charge in [0.25, 0.3) is 0 Å². The number of hydrogen-bond donors (Lipinski definition) is 2. The molecule has 2 rings (SSSR count). The summed E-state index contributed by atoms with van der Waals surface area (Å²) in [6.07, 6.45) is 7.41. The van der Waals surface area contributed by atoms with Gasteiger partial charge in [0.05, 0.1) is 5.56 Å². The SMILES string of the molecule is CCCCC[C@@H]1Cc2cc(C(N)=O)cnc2N1. The number of rotatable bonds is 5. The molecule has 3 N–H and O–H groups in total. The smallest absolute Gasteiger partial charge is 0.250 e. The number of carbonyl (C=O) groups is 1. The van der Waals surface area contributed by atoms with Gasteiger partial charge in [-0.15, -0.1) is 0 Å². The number of unbranched alkanes of at least 4 members (excludes halogenated alkanes) is 2. The van der Waals surface area contributed by atoms with Gasteiger partial charge in [0.2, 0.25) is 5.91 Å². The molecule has 0 saturated carbocycles. The largest absolute Gasteiger partial charge is 0.367 e. The number of hydrogen-bond acceptors (Lipinski definition) is 3. The number of carbonyl (C=O) groups excluding carboxylic acids is 1. The third-order valence-corrected chi connectivity index (χ3v) is 3.21. The highest BCUT2D eigenvalue weighted by Gasteiger charge is 2.21. The number of nitrogens with two attached hydrogens (primary N) is 1. The van der Waals surface area contributed by atoms with E-state index in [-0.39, 0.29) is 0 Å². The van der Waals surface area contributed by atoms with E-state index in [0.29, 0.717) is 11.6 Å². The van der Waals surface area contributed by atoms with E-state index in [2.05, 4.69) is 17.2 Å². The number of amides is 1. The molecular formula is C13H19N3O. The fraction of sp³-hybridized carbons (Fsp3) is 0.538. The van der Waals surface area contributed by atoms with Gasteiger partial charge in [0, 0.05) is 12.2 Å².